The summed E-state index contributed by atoms with van der Waals surface area (Å²) in [5.41, 5.74) is 0. The van der Waals surface area contributed by atoms with Crippen LogP contribution in [0.3, 0.4) is 0 Å². The standard InChI is InChI=1S/C6H12O2S/c1-4(2)9-5(3)6(7)8/h4-5H,1-3H3,(H,7,8)/t5-/m1/s1. The molecule has 0 amide bonds. The summed E-state index contributed by atoms with van der Waals surface area (Å²) >= 11 is 1.46. The number of carboxylic acid groups (broad SMARTS) is 1. The van der Waals surface area contributed by atoms with Gasteiger partial charge in [-0.15, -0.1) is 11.8 Å². The number of carbonyl (C=O) groups is 1. The largest absolute Gasteiger partial charge is 0.480 e. The minimum Gasteiger partial charge on any atom is -0.480 e. The van der Waals surface area contributed by atoms with Crippen LogP contribution in [0.2, 0.25) is 0 Å². The zero-order chi connectivity index (χ0) is 7.44. The summed E-state index contributed by atoms with van der Waals surface area (Å²) in [6.45, 7) is 5.68. The third kappa shape index (κ3) is 4.33. The van der Waals surface area contributed by atoms with Gasteiger partial charge in [0.25, 0.3) is 0 Å². The van der Waals surface area contributed by atoms with Crippen molar-refractivity contribution in [3.05, 3.63) is 0 Å². The fraction of sp³-hybridized carbons (Fsp3) is 0.833. The number of hydrogen-bond acceptors (Lipinski definition) is 2. The van der Waals surface area contributed by atoms with Crippen LogP contribution in [0.1, 0.15) is 20.8 Å². The minimum atomic E-state index is -0.728. The molecule has 0 aromatic rings. The monoisotopic (exact) mass is 148 g/mol. The molecule has 0 aliphatic heterocycles. The summed E-state index contributed by atoms with van der Waals surface area (Å²) in [6, 6.07) is 0. The summed E-state index contributed by atoms with van der Waals surface area (Å²) in [4.78, 5) is 10.2. The molecule has 1 atom stereocenters. The van der Waals surface area contributed by atoms with Crippen LogP contribution in [0, 0.1) is 0 Å². The van der Waals surface area contributed by atoms with Crippen molar-refractivity contribution >= 4 is 17.7 Å². The van der Waals surface area contributed by atoms with Crippen LogP contribution in [-0.2, 0) is 4.79 Å². The van der Waals surface area contributed by atoms with Crippen LogP contribution in [0.4, 0.5) is 0 Å². The number of thioether (sulfide) groups is 1. The number of carboxylic acids is 1. The van der Waals surface area contributed by atoms with E-state index in [1.807, 2.05) is 13.8 Å². The van der Waals surface area contributed by atoms with Crippen LogP contribution in [0.25, 0.3) is 0 Å². The van der Waals surface area contributed by atoms with Crippen LogP contribution in [0.5, 0.6) is 0 Å². The van der Waals surface area contributed by atoms with Crippen molar-refractivity contribution in [2.24, 2.45) is 0 Å². The molecular formula is C6H12O2S. The van der Waals surface area contributed by atoms with E-state index < -0.39 is 5.97 Å². The van der Waals surface area contributed by atoms with E-state index in [9.17, 15) is 4.79 Å². The SMILES string of the molecule is CC(C)S[C@H](C)C(=O)O. The van der Waals surface area contributed by atoms with Gasteiger partial charge in [0.1, 0.15) is 0 Å². The molecule has 0 aliphatic carbocycles. The normalized spacial score (nSPS) is 13.8. The lowest BCUT2D eigenvalue weighted by molar-refractivity contribution is -0.136. The predicted molar refractivity (Wildman–Crippen MR) is 39.8 cm³/mol. The van der Waals surface area contributed by atoms with E-state index in [0.29, 0.717) is 5.25 Å². The smallest absolute Gasteiger partial charge is 0.316 e. The Labute approximate surface area is 59.6 Å². The van der Waals surface area contributed by atoms with E-state index in [1.54, 1.807) is 6.92 Å². The summed E-state index contributed by atoms with van der Waals surface area (Å²) < 4.78 is 0. The molecule has 0 unspecified atom stereocenters. The topological polar surface area (TPSA) is 37.3 Å². The summed E-state index contributed by atoms with van der Waals surface area (Å²) in [6.07, 6.45) is 0. The molecule has 54 valence electrons. The maximum Gasteiger partial charge on any atom is 0.316 e. The van der Waals surface area contributed by atoms with Crippen molar-refractivity contribution in [2.45, 2.75) is 31.3 Å². The molecule has 0 aromatic heterocycles. The Morgan fingerprint density at radius 3 is 2.00 bits per heavy atom. The fourth-order valence-corrected chi connectivity index (χ4v) is 1.40. The summed E-state index contributed by atoms with van der Waals surface area (Å²) in [5, 5.41) is 8.54. The van der Waals surface area contributed by atoms with Crippen LogP contribution in [-0.4, -0.2) is 21.6 Å². The molecule has 2 nitrogen and oxygen atoms in total. The Morgan fingerprint density at radius 2 is 1.89 bits per heavy atom. The highest BCUT2D eigenvalue weighted by Crippen LogP contribution is 2.15. The number of aliphatic carboxylic acids is 1. The second kappa shape index (κ2) is 3.77. The Bertz CT molecular complexity index is 101. The van der Waals surface area contributed by atoms with E-state index in [0.717, 1.165) is 0 Å². The molecule has 0 fully saturated rings. The number of hydrogen-bond donors (Lipinski definition) is 1. The van der Waals surface area contributed by atoms with E-state index in [-0.39, 0.29) is 5.25 Å². The molecular weight excluding hydrogens is 136 g/mol. The zero-order valence-electron chi connectivity index (χ0n) is 5.92. The van der Waals surface area contributed by atoms with Crippen LogP contribution >= 0.6 is 11.8 Å². The van der Waals surface area contributed by atoms with Gasteiger partial charge in [-0.05, 0) is 12.2 Å². The molecule has 0 aromatic carbocycles. The van der Waals surface area contributed by atoms with E-state index in [4.69, 9.17) is 5.11 Å². The van der Waals surface area contributed by atoms with Crippen molar-refractivity contribution in [1.82, 2.24) is 0 Å². The lowest BCUT2D eigenvalue weighted by Crippen LogP contribution is -2.13. The zero-order valence-corrected chi connectivity index (χ0v) is 6.73. The molecule has 0 rings (SSSR count). The van der Waals surface area contributed by atoms with Crippen molar-refractivity contribution in [1.29, 1.82) is 0 Å². The van der Waals surface area contributed by atoms with Gasteiger partial charge in [0.2, 0.25) is 0 Å². The summed E-state index contributed by atoms with van der Waals surface area (Å²) in [7, 11) is 0. The lowest BCUT2D eigenvalue weighted by Gasteiger charge is -2.07. The lowest BCUT2D eigenvalue weighted by atomic mass is 10.5. The predicted octanol–water partition coefficient (Wildman–Crippen LogP) is 1.60. The highest BCUT2D eigenvalue weighted by Gasteiger charge is 2.11. The first-order valence-electron chi connectivity index (χ1n) is 2.92. The van der Waals surface area contributed by atoms with Crippen LogP contribution < -0.4 is 0 Å². The first kappa shape index (κ1) is 8.82. The van der Waals surface area contributed by atoms with Gasteiger partial charge in [0, 0.05) is 0 Å². The maximum absolute atomic E-state index is 10.2. The van der Waals surface area contributed by atoms with Crippen molar-refractivity contribution < 1.29 is 9.90 Å². The Balaban J connectivity index is 3.50. The van der Waals surface area contributed by atoms with E-state index in [2.05, 4.69) is 0 Å². The Morgan fingerprint density at radius 1 is 1.44 bits per heavy atom. The molecule has 1 N–H and O–H groups in total. The van der Waals surface area contributed by atoms with Gasteiger partial charge >= 0.3 is 5.97 Å². The molecule has 0 saturated carbocycles. The maximum atomic E-state index is 10.2. The number of rotatable bonds is 3. The van der Waals surface area contributed by atoms with Gasteiger partial charge in [-0.2, -0.15) is 0 Å². The molecule has 0 aliphatic rings. The third-order valence-corrected chi connectivity index (χ3v) is 1.98. The van der Waals surface area contributed by atoms with Gasteiger partial charge in [-0.3, -0.25) is 4.79 Å². The van der Waals surface area contributed by atoms with Gasteiger partial charge in [0.05, 0.1) is 5.25 Å². The Hall–Kier alpha value is -0.180. The van der Waals surface area contributed by atoms with Gasteiger partial charge in [-0.25, -0.2) is 0 Å². The van der Waals surface area contributed by atoms with E-state index in [1.165, 1.54) is 11.8 Å². The van der Waals surface area contributed by atoms with Crippen molar-refractivity contribution in [2.75, 3.05) is 0 Å². The van der Waals surface area contributed by atoms with E-state index >= 15 is 0 Å². The van der Waals surface area contributed by atoms with Crippen molar-refractivity contribution in [3.8, 4) is 0 Å². The quantitative estimate of drug-likeness (QED) is 0.660. The van der Waals surface area contributed by atoms with Crippen LogP contribution in [0.15, 0.2) is 0 Å². The van der Waals surface area contributed by atoms with Gasteiger partial charge in [-0.1, -0.05) is 13.8 Å². The average molecular weight is 148 g/mol. The average Bonchev–Trinajstić information content (AvgIpc) is 1.63. The first-order valence-corrected chi connectivity index (χ1v) is 3.86. The first-order chi connectivity index (χ1) is 4.04. The van der Waals surface area contributed by atoms with Gasteiger partial charge < -0.3 is 5.11 Å². The molecule has 3 heteroatoms. The Kier molecular flexibility index (Phi) is 3.70. The highest BCUT2D eigenvalue weighted by atomic mass is 32.2. The fourth-order valence-electron chi connectivity index (χ4n) is 0.466. The molecule has 0 radical (unpaired) electrons. The van der Waals surface area contributed by atoms with Gasteiger partial charge in [0.15, 0.2) is 0 Å². The molecule has 0 saturated heterocycles. The second-order valence-corrected chi connectivity index (χ2v) is 4.09. The molecule has 9 heavy (non-hydrogen) atoms. The van der Waals surface area contributed by atoms with Crippen molar-refractivity contribution in [3.63, 3.8) is 0 Å². The molecule has 0 bridgehead atoms. The second-order valence-electron chi connectivity index (χ2n) is 2.17. The third-order valence-electron chi connectivity index (χ3n) is 0.824. The molecule has 0 heterocycles. The summed E-state index contributed by atoms with van der Waals surface area (Å²) in [5.74, 6) is -0.728. The minimum absolute atomic E-state index is 0.273. The molecule has 0 spiro atoms. The highest BCUT2D eigenvalue weighted by molar-refractivity contribution is 8.01.